The lowest BCUT2D eigenvalue weighted by Crippen LogP contribution is -2.26. The van der Waals surface area contributed by atoms with Crippen molar-refractivity contribution in [3.8, 4) is 11.8 Å². The van der Waals surface area contributed by atoms with E-state index in [4.69, 9.17) is 10.00 Å². The highest BCUT2D eigenvalue weighted by Crippen LogP contribution is 2.25. The Hall–Kier alpha value is -3.72. The van der Waals surface area contributed by atoms with Crippen molar-refractivity contribution in [1.29, 1.82) is 5.26 Å². The average Bonchev–Trinajstić information content (AvgIpc) is 2.82. The zero-order valence-corrected chi connectivity index (χ0v) is 20.5. The van der Waals surface area contributed by atoms with E-state index in [1.54, 1.807) is 12.1 Å². The highest BCUT2D eigenvalue weighted by atomic mass is 32.2. The minimum atomic E-state index is -3.79. The van der Waals surface area contributed by atoms with Crippen LogP contribution in [0.2, 0.25) is 0 Å². The number of nitriles is 1. The molecular weight excluding hydrogens is 492 g/mol. The summed E-state index contributed by atoms with van der Waals surface area (Å²) in [7, 11) is -5.89. The molecule has 1 unspecified atom stereocenters. The van der Waals surface area contributed by atoms with Crippen LogP contribution in [0, 0.1) is 11.3 Å². The molecule has 3 rings (SSSR count). The van der Waals surface area contributed by atoms with E-state index in [-0.39, 0.29) is 27.6 Å². The minimum Gasteiger partial charge on any atom is -0.478 e. The molecule has 0 fully saturated rings. The monoisotopic (exact) mass is 514 g/mol. The number of benzene rings is 3. The number of sulfonamides is 1. The van der Waals surface area contributed by atoms with Gasteiger partial charge in [0.25, 0.3) is 0 Å². The first kappa shape index (κ1) is 25.9. The molecule has 182 valence electrons. The smallest absolute Gasteiger partial charge is 0.349 e. The van der Waals surface area contributed by atoms with Crippen LogP contribution >= 0.6 is 0 Å². The van der Waals surface area contributed by atoms with Gasteiger partial charge in [-0.05, 0) is 54.1 Å². The molecule has 0 saturated heterocycles. The van der Waals surface area contributed by atoms with Crippen LogP contribution in [0.15, 0.2) is 82.6 Å². The van der Waals surface area contributed by atoms with E-state index in [0.29, 0.717) is 11.1 Å². The van der Waals surface area contributed by atoms with Gasteiger partial charge in [-0.15, -0.1) is 0 Å². The number of aliphatic carboxylic acids is 1. The van der Waals surface area contributed by atoms with Crippen LogP contribution in [0.3, 0.4) is 0 Å². The molecule has 1 N–H and O–H groups in total. The fourth-order valence-electron chi connectivity index (χ4n) is 3.20. The zero-order valence-electron chi connectivity index (χ0n) is 18.8. The number of carbonyl (C=O) groups is 1. The molecule has 0 aliphatic carbocycles. The van der Waals surface area contributed by atoms with Crippen LogP contribution in [-0.4, -0.2) is 45.5 Å². The number of carboxylic acid groups (broad SMARTS) is 1. The Morgan fingerprint density at radius 2 is 1.63 bits per heavy atom. The Bertz CT molecular complexity index is 1480. The second-order valence-corrected chi connectivity index (χ2v) is 11.8. The van der Waals surface area contributed by atoms with Crippen LogP contribution < -0.4 is 4.74 Å². The second kappa shape index (κ2) is 10.3. The molecule has 0 aliphatic rings. The van der Waals surface area contributed by atoms with E-state index in [1.807, 2.05) is 6.07 Å². The minimum absolute atomic E-state index is 0.0216. The van der Waals surface area contributed by atoms with E-state index >= 15 is 0 Å². The number of nitrogens with zero attached hydrogens (tertiary/aromatic N) is 2. The highest BCUT2D eigenvalue weighted by molar-refractivity contribution is 7.90. The number of ether oxygens (including phenoxy) is 1. The number of hydrogen-bond acceptors (Lipinski definition) is 7. The Balaban J connectivity index is 1.75. The zero-order chi connectivity index (χ0) is 25.8. The maximum absolute atomic E-state index is 12.8. The molecule has 0 spiro atoms. The molecule has 35 heavy (non-hydrogen) atoms. The van der Waals surface area contributed by atoms with Crippen LogP contribution in [0.5, 0.6) is 5.75 Å². The highest BCUT2D eigenvalue weighted by Gasteiger charge is 2.24. The summed E-state index contributed by atoms with van der Waals surface area (Å²) in [6.45, 7) is 0.0430. The van der Waals surface area contributed by atoms with Crippen molar-refractivity contribution in [2.24, 2.45) is 0 Å². The van der Waals surface area contributed by atoms with Crippen molar-refractivity contribution >= 4 is 25.8 Å². The Morgan fingerprint density at radius 3 is 2.17 bits per heavy atom. The third-order valence-corrected chi connectivity index (χ3v) is 8.02. The third-order valence-electron chi connectivity index (χ3n) is 5.09. The summed E-state index contributed by atoms with van der Waals surface area (Å²) in [6, 6.07) is 19.3. The molecule has 9 nitrogen and oxygen atoms in total. The first-order valence-corrected chi connectivity index (χ1v) is 13.5. The molecule has 0 aliphatic heterocycles. The van der Waals surface area contributed by atoms with Crippen LogP contribution in [0.4, 0.5) is 0 Å². The Morgan fingerprint density at radius 1 is 1.00 bits per heavy atom. The predicted molar refractivity (Wildman–Crippen MR) is 127 cm³/mol. The fourth-order valence-corrected chi connectivity index (χ4v) is 5.04. The second-order valence-electron chi connectivity index (χ2n) is 7.72. The Kier molecular flexibility index (Phi) is 7.60. The summed E-state index contributed by atoms with van der Waals surface area (Å²) in [5.74, 6) is -1.09. The first-order chi connectivity index (χ1) is 16.4. The van der Waals surface area contributed by atoms with Crippen LogP contribution in [0.25, 0.3) is 0 Å². The quantitative estimate of drug-likeness (QED) is 0.459. The third kappa shape index (κ3) is 6.24. The lowest BCUT2D eigenvalue weighted by Gasteiger charge is -2.19. The molecule has 0 saturated carbocycles. The molecule has 0 radical (unpaired) electrons. The normalized spacial score (nSPS) is 12.6. The Labute approximate surface area is 203 Å². The number of rotatable bonds is 9. The van der Waals surface area contributed by atoms with Crippen molar-refractivity contribution < 1.29 is 31.5 Å². The predicted octanol–water partition coefficient (Wildman–Crippen LogP) is 2.99. The van der Waals surface area contributed by atoms with Gasteiger partial charge < -0.3 is 9.84 Å². The van der Waals surface area contributed by atoms with Gasteiger partial charge in [0.15, 0.2) is 9.84 Å². The summed E-state index contributed by atoms with van der Waals surface area (Å²) in [4.78, 5) is 11.8. The maximum Gasteiger partial charge on any atom is 0.349 e. The van der Waals surface area contributed by atoms with E-state index in [9.17, 15) is 26.7 Å². The molecule has 3 aromatic rings. The lowest BCUT2D eigenvalue weighted by atomic mass is 10.1. The van der Waals surface area contributed by atoms with Crippen molar-refractivity contribution in [3.63, 3.8) is 0 Å². The van der Waals surface area contributed by atoms with Crippen molar-refractivity contribution in [3.05, 3.63) is 89.5 Å². The van der Waals surface area contributed by atoms with Crippen molar-refractivity contribution in [2.75, 3.05) is 13.3 Å². The van der Waals surface area contributed by atoms with Gasteiger partial charge in [-0.3, -0.25) is 0 Å². The summed E-state index contributed by atoms with van der Waals surface area (Å²) in [6.07, 6.45) is -0.415. The van der Waals surface area contributed by atoms with Gasteiger partial charge in [-0.2, -0.15) is 9.57 Å². The molecule has 11 heteroatoms. The molecular formula is C24H22N2O7S2. The lowest BCUT2D eigenvalue weighted by molar-refractivity contribution is -0.145. The summed E-state index contributed by atoms with van der Waals surface area (Å²) >= 11 is 0. The fraction of sp³-hybridized carbons (Fsp3) is 0.167. The molecule has 0 heterocycles. The van der Waals surface area contributed by atoms with Gasteiger partial charge in [0, 0.05) is 25.4 Å². The number of sulfone groups is 1. The standard InChI is InChI=1S/C24H22N2O7S2/c1-26(35(31,32)21-12-8-17(15-25)9-13-21)16-18-6-10-20(11-7-18)33-23(24(27)28)19-4-3-5-22(14-19)34(2,29)30/h3-14,23H,16H2,1-2H3,(H,27,28). The van der Waals surface area contributed by atoms with E-state index in [1.165, 1.54) is 67.7 Å². The van der Waals surface area contributed by atoms with Crippen molar-refractivity contribution in [2.45, 2.75) is 22.4 Å². The summed E-state index contributed by atoms with van der Waals surface area (Å²) in [5, 5.41) is 18.5. The van der Waals surface area contributed by atoms with E-state index < -0.39 is 31.9 Å². The van der Waals surface area contributed by atoms with Gasteiger partial charge in [-0.25, -0.2) is 21.6 Å². The van der Waals surface area contributed by atoms with Crippen LogP contribution in [-0.2, 0) is 31.2 Å². The topological polar surface area (TPSA) is 142 Å². The molecule has 3 aromatic carbocycles. The molecule has 1 atom stereocenters. The molecule has 0 bridgehead atoms. The van der Waals surface area contributed by atoms with Crippen LogP contribution in [0.1, 0.15) is 22.8 Å². The first-order valence-electron chi connectivity index (χ1n) is 10.2. The molecule has 0 aromatic heterocycles. The van der Waals surface area contributed by atoms with E-state index in [0.717, 1.165) is 10.6 Å². The van der Waals surface area contributed by atoms with Crippen molar-refractivity contribution in [1.82, 2.24) is 4.31 Å². The van der Waals surface area contributed by atoms with Gasteiger partial charge in [0.05, 0.1) is 21.4 Å². The maximum atomic E-state index is 12.8. The van der Waals surface area contributed by atoms with Gasteiger partial charge in [0.2, 0.25) is 16.1 Å². The SMILES string of the molecule is CN(Cc1ccc(OC(C(=O)O)c2cccc(S(C)(=O)=O)c2)cc1)S(=O)(=O)c1ccc(C#N)cc1. The summed E-state index contributed by atoms with van der Waals surface area (Å²) in [5.41, 5.74) is 1.14. The average molecular weight is 515 g/mol. The largest absolute Gasteiger partial charge is 0.478 e. The number of carboxylic acids is 1. The summed E-state index contributed by atoms with van der Waals surface area (Å²) < 4.78 is 55.9. The molecule has 0 amide bonds. The number of hydrogen-bond donors (Lipinski definition) is 1. The van der Waals surface area contributed by atoms with Gasteiger partial charge in [0.1, 0.15) is 5.75 Å². The van der Waals surface area contributed by atoms with E-state index in [2.05, 4.69) is 0 Å². The van der Waals surface area contributed by atoms with Gasteiger partial charge in [-0.1, -0.05) is 24.3 Å². The van der Waals surface area contributed by atoms with Gasteiger partial charge >= 0.3 is 5.97 Å².